The zero-order chi connectivity index (χ0) is 20.8. The van der Waals surface area contributed by atoms with Crippen molar-refractivity contribution in [1.29, 1.82) is 0 Å². The number of nitrogens with one attached hydrogen (secondary N) is 2. The van der Waals surface area contributed by atoms with Crippen LogP contribution in [0.5, 0.6) is 0 Å². The number of ether oxygens (including phenoxy) is 1. The van der Waals surface area contributed by atoms with Crippen LogP contribution >= 0.6 is 0 Å². The number of carbonyl (C=O) groups is 1. The number of nitrogens with zero attached hydrogens (tertiary/aromatic N) is 3. The van der Waals surface area contributed by atoms with Gasteiger partial charge in [0.05, 0.1) is 37.0 Å². The summed E-state index contributed by atoms with van der Waals surface area (Å²) in [5, 5.41) is 6.37. The Kier molecular flexibility index (Phi) is 4.75. The summed E-state index contributed by atoms with van der Waals surface area (Å²) < 4.78 is 33.4. The molecular formula is C21H23F2N5O2. The second kappa shape index (κ2) is 7.45. The zero-order valence-electron chi connectivity index (χ0n) is 16.6. The Labute approximate surface area is 172 Å². The molecule has 3 aliphatic carbocycles. The molecule has 2 aromatic heterocycles. The highest BCUT2D eigenvalue weighted by molar-refractivity contribution is 5.74. The van der Waals surface area contributed by atoms with E-state index >= 15 is 0 Å². The van der Waals surface area contributed by atoms with E-state index in [-0.39, 0.29) is 35.5 Å². The fraction of sp³-hybridized carbons (Fsp3) is 0.524. The maximum absolute atomic E-state index is 14.6. The number of methoxy groups -OCH3 is 1. The van der Waals surface area contributed by atoms with E-state index in [2.05, 4.69) is 25.6 Å². The van der Waals surface area contributed by atoms with Gasteiger partial charge < -0.3 is 15.4 Å². The third kappa shape index (κ3) is 3.16. The molecule has 0 radical (unpaired) electrons. The number of rotatable bonds is 4. The fourth-order valence-corrected chi connectivity index (χ4v) is 5.40. The number of hydrogen-bond acceptors (Lipinski definition) is 7. The summed E-state index contributed by atoms with van der Waals surface area (Å²) in [5.74, 6) is -0.575. The van der Waals surface area contributed by atoms with Crippen molar-refractivity contribution in [1.82, 2.24) is 15.0 Å². The standard InChI is InChI=1S/C21H23F2N5O2/c1-30-20(29)16-10-2-4-11(5-3-10)17(16)27-21-26-9-15(23)18(28-21)14-8-25-19-13(14)6-12(22)7-24-19/h6-7,9-11,14,16-17H,2-5,8H2,1H3,(H,24,25)(H,26,27,28)/t10?,11?,14?,16-,17-/m1/s1. The lowest BCUT2D eigenvalue weighted by atomic mass is 9.61. The zero-order valence-corrected chi connectivity index (χ0v) is 16.6. The van der Waals surface area contributed by atoms with Gasteiger partial charge in [0.1, 0.15) is 11.6 Å². The van der Waals surface area contributed by atoms with E-state index in [0.717, 1.165) is 38.1 Å². The Morgan fingerprint density at radius 1 is 1.17 bits per heavy atom. The Balaban J connectivity index is 1.45. The second-order valence-electron chi connectivity index (χ2n) is 8.35. The first-order valence-corrected chi connectivity index (χ1v) is 10.3. The average Bonchev–Trinajstić information content (AvgIpc) is 3.18. The number of anilines is 2. The third-order valence-corrected chi connectivity index (χ3v) is 6.82. The van der Waals surface area contributed by atoms with E-state index in [4.69, 9.17) is 4.74 Å². The number of halogens is 2. The molecule has 6 rings (SSSR count). The summed E-state index contributed by atoms with van der Waals surface area (Å²) >= 11 is 0. The maximum Gasteiger partial charge on any atom is 0.311 e. The molecule has 30 heavy (non-hydrogen) atoms. The Morgan fingerprint density at radius 2 is 1.93 bits per heavy atom. The maximum atomic E-state index is 14.6. The molecule has 2 N–H and O–H groups in total. The van der Waals surface area contributed by atoms with E-state index in [0.29, 0.717) is 23.8 Å². The van der Waals surface area contributed by atoms with Gasteiger partial charge in [0, 0.05) is 18.2 Å². The molecule has 3 saturated carbocycles. The van der Waals surface area contributed by atoms with E-state index < -0.39 is 17.6 Å². The molecule has 3 heterocycles. The van der Waals surface area contributed by atoms with Crippen molar-refractivity contribution in [2.24, 2.45) is 17.8 Å². The van der Waals surface area contributed by atoms with Crippen LogP contribution in [0.25, 0.3) is 0 Å². The highest BCUT2D eigenvalue weighted by Crippen LogP contribution is 2.46. The van der Waals surface area contributed by atoms with Crippen molar-refractivity contribution in [3.05, 3.63) is 41.4 Å². The summed E-state index contributed by atoms with van der Waals surface area (Å²) in [6.45, 7) is 0.373. The van der Waals surface area contributed by atoms with Crippen LogP contribution < -0.4 is 10.6 Å². The monoisotopic (exact) mass is 415 g/mol. The molecule has 0 amide bonds. The van der Waals surface area contributed by atoms with Gasteiger partial charge in [-0.15, -0.1) is 0 Å². The molecule has 2 bridgehead atoms. The molecule has 0 spiro atoms. The van der Waals surface area contributed by atoms with Crippen molar-refractivity contribution in [2.75, 3.05) is 24.3 Å². The van der Waals surface area contributed by atoms with Crippen LogP contribution in [-0.2, 0) is 9.53 Å². The van der Waals surface area contributed by atoms with Crippen molar-refractivity contribution >= 4 is 17.7 Å². The molecular weight excluding hydrogens is 392 g/mol. The van der Waals surface area contributed by atoms with Gasteiger partial charge >= 0.3 is 5.97 Å². The smallest absolute Gasteiger partial charge is 0.311 e. The average molecular weight is 415 g/mol. The molecule has 3 fully saturated rings. The molecule has 1 unspecified atom stereocenters. The summed E-state index contributed by atoms with van der Waals surface area (Å²) in [5.41, 5.74) is 0.754. The predicted octanol–water partition coefficient (Wildman–Crippen LogP) is 3.10. The van der Waals surface area contributed by atoms with Gasteiger partial charge in [0.15, 0.2) is 5.82 Å². The van der Waals surface area contributed by atoms with Crippen molar-refractivity contribution in [2.45, 2.75) is 37.6 Å². The van der Waals surface area contributed by atoms with Crippen LogP contribution in [0.4, 0.5) is 20.5 Å². The lowest BCUT2D eigenvalue weighted by molar-refractivity contribution is -0.152. The molecule has 7 nitrogen and oxygen atoms in total. The Hall–Kier alpha value is -2.84. The number of hydrogen-bond donors (Lipinski definition) is 2. The Bertz CT molecular complexity index is 980. The number of carbonyl (C=O) groups excluding carboxylic acids is 1. The fourth-order valence-electron chi connectivity index (χ4n) is 5.40. The van der Waals surface area contributed by atoms with Crippen molar-refractivity contribution in [3.63, 3.8) is 0 Å². The number of aromatic nitrogens is 3. The van der Waals surface area contributed by atoms with Crippen LogP contribution in [-0.4, -0.2) is 40.6 Å². The first-order valence-electron chi connectivity index (χ1n) is 10.3. The van der Waals surface area contributed by atoms with Crippen LogP contribution in [0.2, 0.25) is 0 Å². The van der Waals surface area contributed by atoms with Gasteiger partial charge in [-0.05, 0) is 43.6 Å². The minimum atomic E-state index is -0.556. The molecule has 9 heteroatoms. The second-order valence-corrected chi connectivity index (χ2v) is 8.35. The topological polar surface area (TPSA) is 89.0 Å². The number of esters is 1. The Morgan fingerprint density at radius 3 is 2.70 bits per heavy atom. The van der Waals surface area contributed by atoms with Gasteiger partial charge in [-0.2, -0.15) is 0 Å². The first kappa shape index (κ1) is 19.1. The van der Waals surface area contributed by atoms with Crippen LogP contribution in [0, 0.1) is 29.4 Å². The normalized spacial score (nSPS) is 29.2. The van der Waals surface area contributed by atoms with Crippen molar-refractivity contribution in [3.8, 4) is 0 Å². The highest BCUT2D eigenvalue weighted by Gasteiger charge is 2.48. The molecule has 2 aromatic rings. The molecule has 0 saturated heterocycles. The molecule has 1 aliphatic heterocycles. The number of fused-ring (bicyclic) bond motifs is 4. The van der Waals surface area contributed by atoms with Gasteiger partial charge in [0.2, 0.25) is 5.95 Å². The molecule has 4 aliphatic rings. The number of pyridine rings is 1. The predicted molar refractivity (Wildman–Crippen MR) is 105 cm³/mol. The summed E-state index contributed by atoms with van der Waals surface area (Å²) in [7, 11) is 1.41. The van der Waals surface area contributed by atoms with Crippen LogP contribution in [0.15, 0.2) is 18.5 Å². The largest absolute Gasteiger partial charge is 0.469 e. The summed E-state index contributed by atoms with van der Waals surface area (Å²) in [6.07, 6.45) is 6.36. The van der Waals surface area contributed by atoms with Gasteiger partial charge in [-0.3, -0.25) is 4.79 Å². The van der Waals surface area contributed by atoms with Crippen LogP contribution in [0.3, 0.4) is 0 Å². The molecule has 0 aromatic carbocycles. The van der Waals surface area contributed by atoms with Crippen LogP contribution in [0.1, 0.15) is 42.9 Å². The van der Waals surface area contributed by atoms with E-state index in [1.807, 2.05) is 0 Å². The van der Waals surface area contributed by atoms with E-state index in [9.17, 15) is 13.6 Å². The van der Waals surface area contributed by atoms with E-state index in [1.54, 1.807) is 0 Å². The van der Waals surface area contributed by atoms with Gasteiger partial charge in [0.25, 0.3) is 0 Å². The van der Waals surface area contributed by atoms with Gasteiger partial charge in [-0.1, -0.05) is 0 Å². The third-order valence-electron chi connectivity index (χ3n) is 6.82. The minimum absolute atomic E-state index is 0.142. The van der Waals surface area contributed by atoms with Gasteiger partial charge in [-0.25, -0.2) is 23.7 Å². The summed E-state index contributed by atoms with van der Waals surface area (Å²) in [4.78, 5) is 25.0. The quantitative estimate of drug-likeness (QED) is 0.742. The van der Waals surface area contributed by atoms with E-state index in [1.165, 1.54) is 13.2 Å². The lowest BCUT2D eigenvalue weighted by Crippen LogP contribution is -2.52. The highest BCUT2D eigenvalue weighted by atomic mass is 19.1. The molecule has 158 valence electrons. The minimum Gasteiger partial charge on any atom is -0.469 e. The molecule has 3 atom stereocenters. The lowest BCUT2D eigenvalue weighted by Gasteiger charge is -2.47. The first-order chi connectivity index (χ1) is 14.5. The van der Waals surface area contributed by atoms with Crippen molar-refractivity contribution < 1.29 is 18.3 Å². The SMILES string of the molecule is COC(=O)[C@@H]1C2CCC(CC2)[C@H]1Nc1ncc(F)c(C2CNc3ncc(F)cc32)n1. The summed E-state index contributed by atoms with van der Waals surface area (Å²) in [6, 6.07) is 1.21.